The van der Waals surface area contributed by atoms with Crippen molar-refractivity contribution in [3.8, 4) is 0 Å². The van der Waals surface area contributed by atoms with Crippen molar-refractivity contribution in [2.24, 2.45) is 0 Å². The highest BCUT2D eigenvalue weighted by atomic mass is 16.5. The minimum Gasteiger partial charge on any atom is -0.397 e. The Kier molecular flexibility index (Phi) is 4.93. The summed E-state index contributed by atoms with van der Waals surface area (Å²) in [6.07, 6.45) is 0. The number of hydrogen-bond acceptors (Lipinski definition) is 4. The molecule has 1 aromatic rings. The number of hydrogen-bond donors (Lipinski definition) is 3. The monoisotopic (exact) mass is 210 g/mol. The van der Waals surface area contributed by atoms with Gasteiger partial charge in [0.05, 0.1) is 31.2 Å². The van der Waals surface area contributed by atoms with Crippen LogP contribution >= 0.6 is 0 Å². The van der Waals surface area contributed by atoms with Crippen molar-refractivity contribution < 1.29 is 9.84 Å². The molecule has 1 aromatic carbocycles. The van der Waals surface area contributed by atoms with Crippen molar-refractivity contribution >= 4 is 11.4 Å². The number of aliphatic hydroxyl groups is 1. The molecule has 4 heteroatoms. The van der Waals surface area contributed by atoms with E-state index in [9.17, 15) is 0 Å². The number of ether oxygens (including phenoxy) is 1. The average molecular weight is 210 g/mol. The summed E-state index contributed by atoms with van der Waals surface area (Å²) < 4.78 is 5.12. The zero-order valence-corrected chi connectivity index (χ0v) is 8.99. The molecule has 0 heterocycles. The van der Waals surface area contributed by atoms with Crippen molar-refractivity contribution in [1.29, 1.82) is 0 Å². The number of anilines is 2. The summed E-state index contributed by atoms with van der Waals surface area (Å²) in [5.41, 5.74) is 8.63. The molecular weight excluding hydrogens is 192 g/mol. The van der Waals surface area contributed by atoms with Crippen LogP contribution in [0.3, 0.4) is 0 Å². The first-order valence-corrected chi connectivity index (χ1v) is 5.02. The van der Waals surface area contributed by atoms with Gasteiger partial charge in [-0.1, -0.05) is 6.07 Å². The highest BCUT2D eigenvalue weighted by molar-refractivity contribution is 5.66. The molecule has 84 valence electrons. The topological polar surface area (TPSA) is 67.5 Å². The van der Waals surface area contributed by atoms with E-state index in [1.54, 1.807) is 0 Å². The van der Waals surface area contributed by atoms with Crippen LogP contribution in [0.1, 0.15) is 5.56 Å². The Morgan fingerprint density at radius 3 is 2.93 bits per heavy atom. The van der Waals surface area contributed by atoms with Crippen LogP contribution in [0.15, 0.2) is 18.2 Å². The number of aryl methyl sites for hydroxylation is 1. The second-order valence-electron chi connectivity index (χ2n) is 3.35. The highest BCUT2D eigenvalue weighted by Crippen LogP contribution is 2.18. The summed E-state index contributed by atoms with van der Waals surface area (Å²) in [4.78, 5) is 0. The molecular formula is C11H18N2O2. The molecule has 0 bridgehead atoms. The Hall–Kier alpha value is -1.26. The van der Waals surface area contributed by atoms with Crippen LogP contribution in [0.4, 0.5) is 11.4 Å². The summed E-state index contributed by atoms with van der Waals surface area (Å²) in [5, 5.41) is 11.7. The lowest BCUT2D eigenvalue weighted by molar-refractivity contribution is 0.0992. The lowest BCUT2D eigenvalue weighted by atomic mass is 10.2. The van der Waals surface area contributed by atoms with Crippen LogP contribution in [-0.2, 0) is 4.74 Å². The van der Waals surface area contributed by atoms with Crippen LogP contribution in [0, 0.1) is 6.92 Å². The Morgan fingerprint density at radius 2 is 2.20 bits per heavy atom. The molecule has 0 atom stereocenters. The van der Waals surface area contributed by atoms with Gasteiger partial charge in [-0.3, -0.25) is 0 Å². The fraction of sp³-hybridized carbons (Fsp3) is 0.455. The van der Waals surface area contributed by atoms with Gasteiger partial charge in [0.1, 0.15) is 0 Å². The number of rotatable bonds is 6. The van der Waals surface area contributed by atoms with Crippen molar-refractivity contribution in [2.75, 3.05) is 37.4 Å². The van der Waals surface area contributed by atoms with Gasteiger partial charge in [-0.05, 0) is 24.6 Å². The molecule has 0 spiro atoms. The first kappa shape index (κ1) is 11.8. The van der Waals surface area contributed by atoms with E-state index in [0.717, 1.165) is 11.4 Å². The molecule has 0 radical (unpaired) electrons. The first-order chi connectivity index (χ1) is 7.24. The Labute approximate surface area is 90.1 Å². The average Bonchev–Trinajstić information content (AvgIpc) is 2.23. The van der Waals surface area contributed by atoms with E-state index in [1.807, 2.05) is 25.1 Å². The van der Waals surface area contributed by atoms with Crippen molar-refractivity contribution in [3.05, 3.63) is 23.8 Å². The highest BCUT2D eigenvalue weighted by Gasteiger charge is 1.97. The quantitative estimate of drug-likeness (QED) is 0.484. The predicted molar refractivity (Wildman–Crippen MR) is 62.0 cm³/mol. The summed E-state index contributed by atoms with van der Waals surface area (Å²) >= 11 is 0. The number of aliphatic hydroxyl groups excluding tert-OH is 1. The Bertz CT molecular complexity index is 303. The second-order valence-corrected chi connectivity index (χ2v) is 3.35. The maximum absolute atomic E-state index is 8.50. The number of nitrogens with two attached hydrogens (primary N) is 1. The maximum Gasteiger partial charge on any atom is 0.0698 e. The van der Waals surface area contributed by atoms with Crippen LogP contribution in [0.25, 0.3) is 0 Å². The van der Waals surface area contributed by atoms with E-state index in [-0.39, 0.29) is 6.61 Å². The molecule has 1 rings (SSSR count). The molecule has 15 heavy (non-hydrogen) atoms. The summed E-state index contributed by atoms with van der Waals surface area (Å²) in [5.74, 6) is 0. The van der Waals surface area contributed by atoms with Gasteiger partial charge in [-0.15, -0.1) is 0 Å². The molecule has 0 saturated heterocycles. The molecule has 4 nitrogen and oxygen atoms in total. The molecule has 0 amide bonds. The van der Waals surface area contributed by atoms with E-state index >= 15 is 0 Å². The maximum atomic E-state index is 8.50. The number of nitrogens with one attached hydrogen (secondary N) is 1. The Balaban J connectivity index is 2.33. The van der Waals surface area contributed by atoms with Crippen molar-refractivity contribution in [1.82, 2.24) is 0 Å². The third-order valence-corrected chi connectivity index (χ3v) is 2.01. The van der Waals surface area contributed by atoms with E-state index in [1.165, 1.54) is 5.56 Å². The molecule has 0 aliphatic carbocycles. The normalized spacial score (nSPS) is 10.3. The minimum absolute atomic E-state index is 0.0621. The standard InChI is InChI=1S/C11H18N2O2/c1-9-2-3-10(12)11(8-9)13-4-6-15-7-5-14/h2-3,8,13-14H,4-7,12H2,1H3. The lowest BCUT2D eigenvalue weighted by Gasteiger charge is -2.10. The summed E-state index contributed by atoms with van der Waals surface area (Å²) in [6, 6.07) is 5.86. The van der Waals surface area contributed by atoms with Crippen molar-refractivity contribution in [3.63, 3.8) is 0 Å². The summed E-state index contributed by atoms with van der Waals surface area (Å²) in [7, 11) is 0. The van der Waals surface area contributed by atoms with E-state index in [4.69, 9.17) is 15.6 Å². The zero-order chi connectivity index (χ0) is 11.1. The van der Waals surface area contributed by atoms with E-state index in [2.05, 4.69) is 5.32 Å². The van der Waals surface area contributed by atoms with E-state index in [0.29, 0.717) is 19.8 Å². The molecule has 0 saturated carbocycles. The fourth-order valence-corrected chi connectivity index (χ4v) is 1.25. The molecule has 0 aliphatic rings. The van der Waals surface area contributed by atoms with Crippen LogP contribution in [0.2, 0.25) is 0 Å². The Morgan fingerprint density at radius 1 is 1.40 bits per heavy atom. The first-order valence-electron chi connectivity index (χ1n) is 5.02. The van der Waals surface area contributed by atoms with Gasteiger partial charge in [0, 0.05) is 6.54 Å². The zero-order valence-electron chi connectivity index (χ0n) is 8.99. The SMILES string of the molecule is Cc1ccc(N)c(NCCOCCO)c1. The molecule has 0 aliphatic heterocycles. The van der Waals surface area contributed by atoms with Gasteiger partial charge in [-0.2, -0.15) is 0 Å². The van der Waals surface area contributed by atoms with Crippen LogP contribution in [-0.4, -0.2) is 31.5 Å². The largest absolute Gasteiger partial charge is 0.397 e. The van der Waals surface area contributed by atoms with Crippen LogP contribution < -0.4 is 11.1 Å². The fourth-order valence-electron chi connectivity index (χ4n) is 1.25. The van der Waals surface area contributed by atoms with Gasteiger partial charge in [0.2, 0.25) is 0 Å². The summed E-state index contributed by atoms with van der Waals surface area (Å²) in [6.45, 7) is 3.71. The van der Waals surface area contributed by atoms with Gasteiger partial charge in [0.15, 0.2) is 0 Å². The third-order valence-electron chi connectivity index (χ3n) is 2.01. The smallest absolute Gasteiger partial charge is 0.0698 e. The predicted octanol–water partition coefficient (Wildman–Crippen LogP) is 0.998. The van der Waals surface area contributed by atoms with Crippen molar-refractivity contribution in [2.45, 2.75) is 6.92 Å². The third kappa shape index (κ3) is 4.18. The lowest BCUT2D eigenvalue weighted by Crippen LogP contribution is -2.12. The molecule has 0 fully saturated rings. The van der Waals surface area contributed by atoms with Gasteiger partial charge < -0.3 is 20.9 Å². The molecule has 0 aromatic heterocycles. The van der Waals surface area contributed by atoms with E-state index < -0.39 is 0 Å². The molecule has 0 unspecified atom stereocenters. The van der Waals surface area contributed by atoms with Gasteiger partial charge in [-0.25, -0.2) is 0 Å². The van der Waals surface area contributed by atoms with Gasteiger partial charge >= 0.3 is 0 Å². The number of benzene rings is 1. The second kappa shape index (κ2) is 6.27. The number of nitrogen functional groups attached to an aromatic ring is 1. The van der Waals surface area contributed by atoms with Crippen LogP contribution in [0.5, 0.6) is 0 Å². The minimum atomic E-state index is 0.0621. The van der Waals surface area contributed by atoms with Gasteiger partial charge in [0.25, 0.3) is 0 Å². The molecule has 4 N–H and O–H groups in total.